The summed E-state index contributed by atoms with van der Waals surface area (Å²) in [6, 6.07) is 14.5. The van der Waals surface area contributed by atoms with Crippen LogP contribution in [0.15, 0.2) is 47.4 Å². The summed E-state index contributed by atoms with van der Waals surface area (Å²) in [6.45, 7) is 0. The van der Waals surface area contributed by atoms with E-state index in [4.69, 9.17) is 23.2 Å². The Morgan fingerprint density at radius 2 is 1.80 bits per heavy atom. The number of rotatable bonds is 5. The van der Waals surface area contributed by atoms with Crippen molar-refractivity contribution < 1.29 is 0 Å². The normalized spacial score (nSPS) is 12.4. The van der Waals surface area contributed by atoms with Gasteiger partial charge in [-0.25, -0.2) is 0 Å². The molecule has 0 bridgehead atoms. The molecule has 4 heteroatoms. The molecule has 1 N–H and O–H groups in total. The summed E-state index contributed by atoms with van der Waals surface area (Å²) in [5, 5.41) is 4.74. The number of hydrogen-bond donors (Lipinski definition) is 1. The molecule has 0 spiro atoms. The maximum absolute atomic E-state index is 6.25. The molecule has 0 aromatic heterocycles. The lowest BCUT2D eigenvalue weighted by molar-refractivity contribution is 0.592. The van der Waals surface area contributed by atoms with Crippen LogP contribution in [-0.4, -0.2) is 13.3 Å². The van der Waals surface area contributed by atoms with Crippen LogP contribution in [0.1, 0.15) is 17.2 Å². The van der Waals surface area contributed by atoms with Crippen LogP contribution in [0.25, 0.3) is 0 Å². The Hall–Kier alpha value is -0.670. The Bertz CT molecular complexity index is 569. The van der Waals surface area contributed by atoms with Gasteiger partial charge in [0, 0.05) is 21.0 Å². The fraction of sp³-hybridized carbons (Fsp3) is 0.250. The lowest BCUT2D eigenvalue weighted by atomic mass is 9.99. The quantitative estimate of drug-likeness (QED) is 0.756. The molecule has 0 heterocycles. The third-order valence-electron chi connectivity index (χ3n) is 3.31. The molecular weight excluding hydrogens is 309 g/mol. The van der Waals surface area contributed by atoms with Gasteiger partial charge in [-0.3, -0.25) is 0 Å². The van der Waals surface area contributed by atoms with Crippen molar-refractivity contribution in [2.45, 2.75) is 17.4 Å². The van der Waals surface area contributed by atoms with Gasteiger partial charge in [0.05, 0.1) is 0 Å². The minimum atomic E-state index is 0.240. The topological polar surface area (TPSA) is 12.0 Å². The minimum Gasteiger partial charge on any atom is -0.313 e. The first-order valence-corrected chi connectivity index (χ1v) is 8.37. The van der Waals surface area contributed by atoms with Gasteiger partial charge in [-0.15, -0.1) is 11.8 Å². The van der Waals surface area contributed by atoms with E-state index in [1.165, 1.54) is 10.5 Å². The molecule has 1 atom stereocenters. The van der Waals surface area contributed by atoms with Crippen LogP contribution in [0.4, 0.5) is 0 Å². The fourth-order valence-electron chi connectivity index (χ4n) is 2.13. The van der Waals surface area contributed by atoms with Crippen molar-refractivity contribution >= 4 is 35.0 Å². The molecule has 0 amide bonds. The molecule has 1 unspecified atom stereocenters. The van der Waals surface area contributed by atoms with E-state index in [9.17, 15) is 0 Å². The first kappa shape index (κ1) is 15.7. The SMILES string of the molecule is CNC(Cc1ccc(Cl)cc1Cl)c1ccc(SC)cc1. The molecule has 0 aliphatic rings. The first-order valence-electron chi connectivity index (χ1n) is 6.39. The van der Waals surface area contributed by atoms with Gasteiger partial charge in [-0.05, 0) is 55.1 Å². The summed E-state index contributed by atoms with van der Waals surface area (Å²) in [5.74, 6) is 0. The highest BCUT2D eigenvalue weighted by atomic mass is 35.5. The van der Waals surface area contributed by atoms with E-state index >= 15 is 0 Å². The molecule has 106 valence electrons. The number of thioether (sulfide) groups is 1. The van der Waals surface area contributed by atoms with Crippen molar-refractivity contribution in [1.82, 2.24) is 5.32 Å². The molecule has 1 nitrogen and oxygen atoms in total. The Morgan fingerprint density at radius 3 is 2.35 bits per heavy atom. The van der Waals surface area contributed by atoms with E-state index < -0.39 is 0 Å². The molecule has 0 aliphatic carbocycles. The average molecular weight is 326 g/mol. The van der Waals surface area contributed by atoms with Crippen LogP contribution < -0.4 is 5.32 Å². The molecule has 0 fully saturated rings. The second-order valence-electron chi connectivity index (χ2n) is 4.55. The van der Waals surface area contributed by atoms with E-state index in [0.717, 1.165) is 17.0 Å². The van der Waals surface area contributed by atoms with E-state index in [1.807, 2.05) is 19.2 Å². The van der Waals surface area contributed by atoms with Crippen molar-refractivity contribution in [3.8, 4) is 0 Å². The molecule has 0 saturated heterocycles. The predicted octanol–water partition coefficient (Wildman–Crippen LogP) is 5.22. The Morgan fingerprint density at radius 1 is 1.10 bits per heavy atom. The second-order valence-corrected chi connectivity index (χ2v) is 6.28. The molecule has 2 aromatic carbocycles. The number of nitrogens with one attached hydrogen (secondary N) is 1. The van der Waals surface area contributed by atoms with Gasteiger partial charge in [0.2, 0.25) is 0 Å². The van der Waals surface area contributed by atoms with E-state index in [2.05, 4.69) is 35.8 Å². The van der Waals surface area contributed by atoms with Gasteiger partial charge in [0.1, 0.15) is 0 Å². The van der Waals surface area contributed by atoms with Gasteiger partial charge < -0.3 is 5.32 Å². The van der Waals surface area contributed by atoms with Crippen LogP contribution in [-0.2, 0) is 6.42 Å². The zero-order chi connectivity index (χ0) is 14.5. The fourth-order valence-corrected chi connectivity index (χ4v) is 3.02. The second kappa shape index (κ2) is 7.37. The molecule has 0 saturated carbocycles. The highest BCUT2D eigenvalue weighted by molar-refractivity contribution is 7.98. The maximum atomic E-state index is 6.25. The summed E-state index contributed by atoms with van der Waals surface area (Å²) < 4.78 is 0. The molecule has 2 rings (SSSR count). The van der Waals surface area contributed by atoms with Gasteiger partial charge in [0.15, 0.2) is 0 Å². The van der Waals surface area contributed by atoms with Crippen LogP contribution in [0.3, 0.4) is 0 Å². The lowest BCUT2D eigenvalue weighted by Gasteiger charge is -2.18. The summed E-state index contributed by atoms with van der Waals surface area (Å²) in [5.41, 5.74) is 2.36. The zero-order valence-electron chi connectivity index (χ0n) is 11.5. The van der Waals surface area contributed by atoms with Gasteiger partial charge in [0.25, 0.3) is 0 Å². The molecule has 2 aromatic rings. The van der Waals surface area contributed by atoms with E-state index in [0.29, 0.717) is 5.02 Å². The minimum absolute atomic E-state index is 0.240. The van der Waals surface area contributed by atoms with E-state index in [-0.39, 0.29) is 6.04 Å². The largest absolute Gasteiger partial charge is 0.313 e. The van der Waals surface area contributed by atoms with E-state index in [1.54, 1.807) is 17.8 Å². The van der Waals surface area contributed by atoms with Gasteiger partial charge >= 0.3 is 0 Å². The molecule has 20 heavy (non-hydrogen) atoms. The van der Waals surface area contributed by atoms with Crippen molar-refractivity contribution in [3.63, 3.8) is 0 Å². The highest BCUT2D eigenvalue weighted by Gasteiger charge is 2.12. The van der Waals surface area contributed by atoms with Crippen molar-refractivity contribution in [2.24, 2.45) is 0 Å². The smallest absolute Gasteiger partial charge is 0.0453 e. The molecule has 0 aliphatic heterocycles. The zero-order valence-corrected chi connectivity index (χ0v) is 13.8. The van der Waals surface area contributed by atoms with Crippen LogP contribution in [0, 0.1) is 0 Å². The van der Waals surface area contributed by atoms with Crippen LogP contribution >= 0.6 is 35.0 Å². The number of hydrogen-bond acceptors (Lipinski definition) is 2. The molecule has 0 radical (unpaired) electrons. The van der Waals surface area contributed by atoms with Crippen LogP contribution in [0.2, 0.25) is 10.0 Å². The van der Waals surface area contributed by atoms with Crippen LogP contribution in [0.5, 0.6) is 0 Å². The van der Waals surface area contributed by atoms with Gasteiger partial charge in [-0.1, -0.05) is 41.4 Å². The maximum Gasteiger partial charge on any atom is 0.0453 e. The number of likely N-dealkylation sites (N-methyl/N-ethyl adjacent to an activating group) is 1. The lowest BCUT2D eigenvalue weighted by Crippen LogP contribution is -2.18. The third-order valence-corrected chi connectivity index (χ3v) is 4.64. The predicted molar refractivity (Wildman–Crippen MR) is 90.2 cm³/mol. The van der Waals surface area contributed by atoms with Crippen molar-refractivity contribution in [2.75, 3.05) is 13.3 Å². The summed E-state index contributed by atoms with van der Waals surface area (Å²) in [7, 11) is 1.97. The van der Waals surface area contributed by atoms with Crippen molar-refractivity contribution in [1.29, 1.82) is 0 Å². The average Bonchev–Trinajstić information content (AvgIpc) is 2.47. The number of benzene rings is 2. The third kappa shape index (κ3) is 3.92. The van der Waals surface area contributed by atoms with Gasteiger partial charge in [-0.2, -0.15) is 0 Å². The molecular formula is C16H17Cl2NS. The Kier molecular flexibility index (Phi) is 5.79. The monoisotopic (exact) mass is 325 g/mol. The summed E-state index contributed by atoms with van der Waals surface area (Å²) >= 11 is 13.9. The highest BCUT2D eigenvalue weighted by Crippen LogP contribution is 2.27. The Balaban J connectivity index is 2.19. The van der Waals surface area contributed by atoms with Crippen molar-refractivity contribution in [3.05, 3.63) is 63.6 Å². The first-order chi connectivity index (χ1) is 9.63. The summed E-state index contributed by atoms with van der Waals surface area (Å²) in [4.78, 5) is 1.27. The number of halogens is 2. The summed E-state index contributed by atoms with van der Waals surface area (Å²) in [6.07, 6.45) is 2.92. The standard InChI is InChI=1S/C16H17Cl2NS/c1-19-16(11-4-7-14(20-2)8-5-11)9-12-3-6-13(17)10-15(12)18/h3-8,10,16,19H,9H2,1-2H3. The Labute approximate surface area is 134 Å².